The molecule has 118 valence electrons. The van der Waals surface area contributed by atoms with Gasteiger partial charge >= 0.3 is 0 Å². The van der Waals surface area contributed by atoms with Gasteiger partial charge in [-0.15, -0.1) is 0 Å². The maximum absolute atomic E-state index is 3.66. The largest absolute Gasteiger partial charge is 0.315 e. The maximum Gasteiger partial charge on any atom is 0.0244 e. The molecule has 1 saturated carbocycles. The Morgan fingerprint density at radius 2 is 1.60 bits per heavy atom. The molecule has 1 unspecified atom stereocenters. The molecule has 2 rings (SSSR count). The highest BCUT2D eigenvalue weighted by molar-refractivity contribution is 4.85. The van der Waals surface area contributed by atoms with Gasteiger partial charge in [0.15, 0.2) is 0 Å². The van der Waals surface area contributed by atoms with E-state index < -0.39 is 0 Å². The van der Waals surface area contributed by atoms with Gasteiger partial charge in [-0.1, -0.05) is 27.7 Å². The lowest BCUT2D eigenvalue weighted by atomic mass is 10.0. The minimum atomic E-state index is 0.705. The Morgan fingerprint density at radius 3 is 2.10 bits per heavy atom. The number of hydrogen-bond acceptors (Lipinski definition) is 3. The van der Waals surface area contributed by atoms with Crippen LogP contribution in [0.4, 0.5) is 0 Å². The van der Waals surface area contributed by atoms with E-state index in [0.717, 1.165) is 30.8 Å². The molecule has 1 aliphatic heterocycles. The fraction of sp³-hybridized carbons (Fsp3) is 1.00. The van der Waals surface area contributed by atoms with Gasteiger partial charge < -0.3 is 10.2 Å². The first-order chi connectivity index (χ1) is 9.56. The molecule has 3 heteroatoms. The molecule has 1 N–H and O–H groups in total. The van der Waals surface area contributed by atoms with Crippen LogP contribution in [0.5, 0.6) is 0 Å². The molecule has 1 atom stereocenters. The lowest BCUT2D eigenvalue weighted by molar-refractivity contribution is 0.0733. The maximum atomic E-state index is 3.66. The van der Waals surface area contributed by atoms with Crippen LogP contribution in [0.1, 0.15) is 40.5 Å². The monoisotopic (exact) mass is 281 g/mol. The molecule has 20 heavy (non-hydrogen) atoms. The molecular formula is C17H35N3. The van der Waals surface area contributed by atoms with Gasteiger partial charge in [-0.25, -0.2) is 0 Å². The summed E-state index contributed by atoms with van der Waals surface area (Å²) < 4.78 is 0. The van der Waals surface area contributed by atoms with Crippen molar-refractivity contribution < 1.29 is 0 Å². The zero-order valence-corrected chi connectivity index (χ0v) is 14.1. The zero-order chi connectivity index (χ0) is 14.5. The van der Waals surface area contributed by atoms with Crippen molar-refractivity contribution in [3.8, 4) is 0 Å². The summed E-state index contributed by atoms with van der Waals surface area (Å²) in [5.41, 5.74) is 0. The summed E-state index contributed by atoms with van der Waals surface area (Å²) in [6.45, 7) is 18.1. The number of rotatable bonds is 8. The van der Waals surface area contributed by atoms with Crippen LogP contribution >= 0.6 is 0 Å². The summed E-state index contributed by atoms with van der Waals surface area (Å²) >= 11 is 0. The second-order valence-corrected chi connectivity index (χ2v) is 7.64. The molecule has 0 aromatic heterocycles. The second kappa shape index (κ2) is 7.77. The standard InChI is InChI=1S/C17H35N3/c1-14(2)11-18-12-17(15(3)4)20-9-7-19(8-10-20)13-16-5-6-16/h14-18H,5-13H2,1-4H3. The van der Waals surface area contributed by atoms with Crippen molar-refractivity contribution in [2.45, 2.75) is 46.6 Å². The molecule has 0 aromatic carbocycles. The van der Waals surface area contributed by atoms with Crippen molar-refractivity contribution in [1.82, 2.24) is 15.1 Å². The lowest BCUT2D eigenvalue weighted by Crippen LogP contribution is -2.54. The first-order valence-corrected chi connectivity index (χ1v) is 8.73. The molecule has 1 aliphatic carbocycles. The van der Waals surface area contributed by atoms with Crippen LogP contribution < -0.4 is 5.32 Å². The SMILES string of the molecule is CC(C)CNCC(C(C)C)N1CCN(CC2CC2)CC1. The Balaban J connectivity index is 1.72. The van der Waals surface area contributed by atoms with Crippen molar-refractivity contribution in [3.63, 3.8) is 0 Å². The topological polar surface area (TPSA) is 18.5 Å². The molecule has 1 saturated heterocycles. The molecule has 0 radical (unpaired) electrons. The van der Waals surface area contributed by atoms with E-state index in [2.05, 4.69) is 42.8 Å². The molecule has 2 aliphatic rings. The number of nitrogens with zero attached hydrogens (tertiary/aromatic N) is 2. The van der Waals surface area contributed by atoms with Crippen molar-refractivity contribution in [3.05, 3.63) is 0 Å². The van der Waals surface area contributed by atoms with Gasteiger partial charge in [-0.3, -0.25) is 4.90 Å². The average molecular weight is 281 g/mol. The van der Waals surface area contributed by atoms with Gasteiger partial charge in [-0.05, 0) is 37.1 Å². The van der Waals surface area contributed by atoms with Crippen molar-refractivity contribution in [2.24, 2.45) is 17.8 Å². The lowest BCUT2D eigenvalue weighted by Gasteiger charge is -2.41. The van der Waals surface area contributed by atoms with Gasteiger partial charge in [0.1, 0.15) is 0 Å². The van der Waals surface area contributed by atoms with Crippen LogP contribution in [-0.4, -0.2) is 61.7 Å². The second-order valence-electron chi connectivity index (χ2n) is 7.64. The Labute approximate surface area is 126 Å². The van der Waals surface area contributed by atoms with Crippen molar-refractivity contribution >= 4 is 0 Å². The fourth-order valence-corrected chi connectivity index (χ4v) is 3.25. The van der Waals surface area contributed by atoms with E-state index >= 15 is 0 Å². The molecule has 0 amide bonds. The summed E-state index contributed by atoms with van der Waals surface area (Å²) in [6, 6.07) is 0.705. The van der Waals surface area contributed by atoms with Crippen LogP contribution in [0.3, 0.4) is 0 Å². The Bertz CT molecular complexity index is 265. The molecule has 3 nitrogen and oxygen atoms in total. The van der Waals surface area contributed by atoms with Gasteiger partial charge in [0.25, 0.3) is 0 Å². The highest BCUT2D eigenvalue weighted by Gasteiger charge is 2.29. The molecule has 1 heterocycles. The molecule has 0 aromatic rings. The summed E-state index contributed by atoms with van der Waals surface area (Å²) in [4.78, 5) is 5.41. The van der Waals surface area contributed by atoms with Crippen LogP contribution in [0.25, 0.3) is 0 Å². The van der Waals surface area contributed by atoms with E-state index in [1.807, 2.05) is 0 Å². The Morgan fingerprint density at radius 1 is 0.950 bits per heavy atom. The zero-order valence-electron chi connectivity index (χ0n) is 14.1. The molecule has 0 spiro atoms. The Kier molecular flexibility index (Phi) is 6.31. The molecular weight excluding hydrogens is 246 g/mol. The van der Waals surface area contributed by atoms with Crippen molar-refractivity contribution in [1.29, 1.82) is 0 Å². The third-order valence-corrected chi connectivity index (χ3v) is 4.76. The number of piperazine rings is 1. The van der Waals surface area contributed by atoms with E-state index in [1.165, 1.54) is 45.6 Å². The van der Waals surface area contributed by atoms with Gasteiger partial charge in [0.05, 0.1) is 0 Å². The summed E-state index contributed by atoms with van der Waals surface area (Å²) in [7, 11) is 0. The predicted molar refractivity (Wildman–Crippen MR) is 87.1 cm³/mol. The summed E-state index contributed by atoms with van der Waals surface area (Å²) in [6.07, 6.45) is 2.96. The van der Waals surface area contributed by atoms with Gasteiger partial charge in [0.2, 0.25) is 0 Å². The van der Waals surface area contributed by atoms with Gasteiger partial charge in [-0.2, -0.15) is 0 Å². The number of nitrogens with one attached hydrogen (secondary N) is 1. The highest BCUT2D eigenvalue weighted by Crippen LogP contribution is 2.30. The van der Waals surface area contributed by atoms with E-state index in [4.69, 9.17) is 0 Å². The average Bonchev–Trinajstić information content (AvgIpc) is 3.19. The van der Waals surface area contributed by atoms with E-state index in [-0.39, 0.29) is 0 Å². The van der Waals surface area contributed by atoms with Crippen LogP contribution in [0.2, 0.25) is 0 Å². The summed E-state index contributed by atoms with van der Waals surface area (Å²) in [5.74, 6) is 2.53. The van der Waals surface area contributed by atoms with Crippen LogP contribution in [0, 0.1) is 17.8 Å². The quantitative estimate of drug-likeness (QED) is 0.736. The number of hydrogen-bond donors (Lipinski definition) is 1. The third kappa shape index (κ3) is 5.34. The van der Waals surface area contributed by atoms with Crippen LogP contribution in [0.15, 0.2) is 0 Å². The summed E-state index contributed by atoms with van der Waals surface area (Å²) in [5, 5.41) is 3.66. The van der Waals surface area contributed by atoms with E-state index in [0.29, 0.717) is 6.04 Å². The highest BCUT2D eigenvalue weighted by atomic mass is 15.3. The first kappa shape index (κ1) is 16.3. The molecule has 0 bridgehead atoms. The smallest absolute Gasteiger partial charge is 0.0244 e. The Hall–Kier alpha value is -0.120. The first-order valence-electron chi connectivity index (χ1n) is 8.73. The van der Waals surface area contributed by atoms with Crippen LogP contribution in [-0.2, 0) is 0 Å². The van der Waals surface area contributed by atoms with Gasteiger partial charge in [0, 0.05) is 45.3 Å². The van der Waals surface area contributed by atoms with E-state index in [1.54, 1.807) is 0 Å². The fourth-order valence-electron chi connectivity index (χ4n) is 3.25. The normalized spacial score (nSPS) is 23.7. The van der Waals surface area contributed by atoms with Crippen molar-refractivity contribution in [2.75, 3.05) is 45.8 Å². The van der Waals surface area contributed by atoms with E-state index in [9.17, 15) is 0 Å². The third-order valence-electron chi connectivity index (χ3n) is 4.76. The minimum absolute atomic E-state index is 0.705. The predicted octanol–water partition coefficient (Wildman–Crippen LogP) is 2.28. The minimum Gasteiger partial charge on any atom is -0.315 e. The molecule has 2 fully saturated rings.